The van der Waals surface area contributed by atoms with Gasteiger partial charge in [-0.25, -0.2) is 0 Å². The van der Waals surface area contributed by atoms with Crippen LogP contribution in [0.4, 0.5) is 0 Å². The summed E-state index contributed by atoms with van der Waals surface area (Å²) < 4.78 is 12.1. The molecule has 0 unspecified atom stereocenters. The first-order valence-corrected chi connectivity index (χ1v) is 21.8. The molecule has 0 bridgehead atoms. The molecule has 0 aromatic rings. The maximum absolute atomic E-state index is 6.29. The van der Waals surface area contributed by atoms with E-state index in [9.17, 15) is 0 Å². The molecule has 0 fully saturated rings. The monoisotopic (exact) mass is 598 g/mol. The zero-order valence-electron chi connectivity index (χ0n) is 29.8. The highest BCUT2D eigenvalue weighted by Crippen LogP contribution is 2.35. The molecule has 0 aliphatic carbocycles. The Bertz CT molecular complexity index is 520. The fourth-order valence-corrected chi connectivity index (χ4v) is 6.32. The first-order valence-electron chi connectivity index (χ1n) is 18.6. The quantitative estimate of drug-likeness (QED) is 0.0568. The molecule has 4 heteroatoms. The second kappa shape index (κ2) is 28.8. The van der Waals surface area contributed by atoms with Crippen molar-refractivity contribution in [2.75, 3.05) is 45.7 Å². The van der Waals surface area contributed by atoms with Gasteiger partial charge in [-0.15, -0.1) is 0 Å². The molecule has 0 radical (unpaired) electrons. The molecule has 0 saturated heterocycles. The fraction of sp³-hybridized carbons (Fsp3) is 1.00. The smallest absolute Gasteiger partial charge is 0.0829 e. The Morgan fingerprint density at radius 2 is 0.805 bits per heavy atom. The second-order valence-electron chi connectivity index (χ2n) is 14.7. The zero-order chi connectivity index (χ0) is 30.5. The predicted octanol–water partition coefficient (Wildman–Crippen LogP) is 12.0. The Hall–Kier alpha value is 0.0969. The van der Waals surface area contributed by atoms with Crippen molar-refractivity contribution < 1.29 is 9.47 Å². The summed E-state index contributed by atoms with van der Waals surface area (Å²) in [6.07, 6.45) is 31.4. The molecule has 0 saturated carbocycles. The number of hydrogen-bond acceptors (Lipinski definition) is 3. The third-order valence-electron chi connectivity index (χ3n) is 9.53. The Morgan fingerprint density at radius 1 is 0.439 bits per heavy atom. The molecule has 0 aromatic heterocycles. The lowest BCUT2D eigenvalue weighted by atomic mass is 10.1. The van der Waals surface area contributed by atoms with E-state index < -0.39 is 8.07 Å². The molecule has 0 aromatic carbocycles. The molecular weight excluding hydrogens is 518 g/mol. The van der Waals surface area contributed by atoms with E-state index in [0.717, 1.165) is 32.6 Å². The van der Waals surface area contributed by atoms with Crippen LogP contribution in [0.3, 0.4) is 0 Å². The minimum atomic E-state index is -1.35. The lowest BCUT2D eigenvalue weighted by Crippen LogP contribution is -2.43. The Balaban J connectivity index is 4.05. The van der Waals surface area contributed by atoms with Gasteiger partial charge in [0, 0.05) is 26.0 Å². The first-order chi connectivity index (χ1) is 19.7. The van der Waals surface area contributed by atoms with Gasteiger partial charge in [0.1, 0.15) is 0 Å². The Labute approximate surface area is 261 Å². The standard InChI is InChI=1S/C37H79NO2Si/c1-8-10-12-14-15-16-17-18-19-20-22-26-30-38(32-35-40-36-41(6,7)37(3,4)5)31-27-23-21-25-29-34-39-33-28-24-13-11-9-2/h8-36H2,1-7H3. The first kappa shape index (κ1) is 41.1. The summed E-state index contributed by atoms with van der Waals surface area (Å²) in [4.78, 5) is 2.71. The van der Waals surface area contributed by atoms with Crippen molar-refractivity contribution in [3.05, 3.63) is 0 Å². The molecule has 0 aliphatic heterocycles. The van der Waals surface area contributed by atoms with Crippen LogP contribution in [0.15, 0.2) is 0 Å². The van der Waals surface area contributed by atoms with Crippen molar-refractivity contribution in [1.29, 1.82) is 0 Å². The molecule has 0 aliphatic rings. The van der Waals surface area contributed by atoms with Crippen molar-refractivity contribution in [2.24, 2.45) is 0 Å². The van der Waals surface area contributed by atoms with Gasteiger partial charge in [0.2, 0.25) is 0 Å². The van der Waals surface area contributed by atoms with Crippen LogP contribution in [-0.2, 0) is 9.47 Å². The summed E-state index contributed by atoms with van der Waals surface area (Å²) in [5.74, 6) is 0. The summed E-state index contributed by atoms with van der Waals surface area (Å²) in [7, 11) is -1.35. The van der Waals surface area contributed by atoms with E-state index in [2.05, 4.69) is 52.6 Å². The second-order valence-corrected chi connectivity index (χ2v) is 20.3. The van der Waals surface area contributed by atoms with Gasteiger partial charge in [-0.3, -0.25) is 0 Å². The normalized spacial score (nSPS) is 12.6. The van der Waals surface area contributed by atoms with E-state index in [-0.39, 0.29) is 0 Å². The lowest BCUT2D eigenvalue weighted by molar-refractivity contribution is 0.124. The maximum Gasteiger partial charge on any atom is 0.0829 e. The number of nitrogens with zero attached hydrogens (tertiary/aromatic N) is 1. The van der Waals surface area contributed by atoms with Gasteiger partial charge in [-0.2, -0.15) is 0 Å². The van der Waals surface area contributed by atoms with Gasteiger partial charge in [0.15, 0.2) is 0 Å². The molecule has 0 rings (SSSR count). The summed E-state index contributed by atoms with van der Waals surface area (Å²) in [5.41, 5.74) is 0. The van der Waals surface area contributed by atoms with Crippen LogP contribution in [0.1, 0.15) is 176 Å². The van der Waals surface area contributed by atoms with Crippen LogP contribution in [0.5, 0.6) is 0 Å². The molecule has 0 spiro atoms. The molecule has 3 nitrogen and oxygen atoms in total. The fourth-order valence-electron chi connectivity index (χ4n) is 5.23. The van der Waals surface area contributed by atoms with E-state index >= 15 is 0 Å². The molecule has 0 atom stereocenters. The summed E-state index contributed by atoms with van der Waals surface area (Å²) in [6.45, 7) is 23.2. The van der Waals surface area contributed by atoms with Gasteiger partial charge in [0.05, 0.1) is 14.7 Å². The molecule has 0 amide bonds. The highest BCUT2D eigenvalue weighted by atomic mass is 28.3. The van der Waals surface area contributed by atoms with E-state index in [1.807, 2.05) is 0 Å². The summed E-state index contributed by atoms with van der Waals surface area (Å²) >= 11 is 0. The summed E-state index contributed by atoms with van der Waals surface area (Å²) in [6, 6.07) is 0. The minimum absolute atomic E-state index is 0.404. The number of hydrogen-bond donors (Lipinski definition) is 0. The van der Waals surface area contributed by atoms with E-state index in [0.29, 0.717) is 5.04 Å². The highest BCUT2D eigenvalue weighted by Gasteiger charge is 2.35. The molecular formula is C37H79NO2Si. The predicted molar refractivity (Wildman–Crippen MR) is 188 cm³/mol. The van der Waals surface area contributed by atoms with Crippen molar-refractivity contribution in [1.82, 2.24) is 4.90 Å². The van der Waals surface area contributed by atoms with Crippen molar-refractivity contribution >= 4 is 8.07 Å². The third kappa shape index (κ3) is 27.4. The van der Waals surface area contributed by atoms with Crippen molar-refractivity contribution in [2.45, 2.75) is 194 Å². The van der Waals surface area contributed by atoms with Crippen LogP contribution < -0.4 is 0 Å². The topological polar surface area (TPSA) is 21.7 Å². The SMILES string of the molecule is CCCCCCCCCCCCCCN(CCCCCCCOCCCCCCC)CCOC[Si](C)(C)C(C)(C)C. The number of unbranched alkanes of at least 4 members (excludes halogenated alkanes) is 19. The molecule has 0 heterocycles. The zero-order valence-corrected chi connectivity index (χ0v) is 30.8. The Kier molecular flexibility index (Phi) is 28.9. The van der Waals surface area contributed by atoms with E-state index in [4.69, 9.17) is 9.47 Å². The number of ether oxygens (including phenoxy) is 2. The number of rotatable bonds is 32. The van der Waals surface area contributed by atoms with Crippen molar-refractivity contribution in [3.8, 4) is 0 Å². The average molecular weight is 598 g/mol. The van der Waals surface area contributed by atoms with E-state index in [1.165, 1.54) is 154 Å². The maximum atomic E-state index is 6.29. The lowest BCUT2D eigenvalue weighted by Gasteiger charge is -2.36. The Morgan fingerprint density at radius 3 is 1.20 bits per heavy atom. The molecule has 41 heavy (non-hydrogen) atoms. The minimum Gasteiger partial charge on any atom is -0.383 e. The van der Waals surface area contributed by atoms with Gasteiger partial charge < -0.3 is 14.4 Å². The molecule has 248 valence electrons. The highest BCUT2D eigenvalue weighted by molar-refractivity contribution is 6.80. The summed E-state index contributed by atoms with van der Waals surface area (Å²) in [5, 5.41) is 0.404. The van der Waals surface area contributed by atoms with Crippen molar-refractivity contribution in [3.63, 3.8) is 0 Å². The van der Waals surface area contributed by atoms with Gasteiger partial charge in [-0.1, -0.05) is 163 Å². The van der Waals surface area contributed by atoms with Gasteiger partial charge in [0.25, 0.3) is 0 Å². The average Bonchev–Trinajstić information content (AvgIpc) is 2.93. The van der Waals surface area contributed by atoms with Crippen LogP contribution in [0, 0.1) is 0 Å². The third-order valence-corrected chi connectivity index (χ3v) is 14.5. The van der Waals surface area contributed by atoms with Gasteiger partial charge in [-0.05, 0) is 43.8 Å². The van der Waals surface area contributed by atoms with E-state index in [1.54, 1.807) is 0 Å². The van der Waals surface area contributed by atoms with Crippen LogP contribution >= 0.6 is 0 Å². The van der Waals surface area contributed by atoms with Crippen LogP contribution in [0.2, 0.25) is 18.1 Å². The molecule has 0 N–H and O–H groups in total. The largest absolute Gasteiger partial charge is 0.383 e. The van der Waals surface area contributed by atoms with Crippen LogP contribution in [0.25, 0.3) is 0 Å². The van der Waals surface area contributed by atoms with Crippen LogP contribution in [-0.4, -0.2) is 58.7 Å². The van der Waals surface area contributed by atoms with Gasteiger partial charge >= 0.3 is 0 Å².